The molecule has 0 bridgehead atoms. The van der Waals surface area contributed by atoms with Crippen molar-refractivity contribution < 1.29 is 43.5 Å². The van der Waals surface area contributed by atoms with Crippen molar-refractivity contribution >= 4 is 70.6 Å². The monoisotopic (exact) mass is 907 g/mol. The maximum Gasteiger partial charge on any atom is 0.294 e. The van der Waals surface area contributed by atoms with Gasteiger partial charge in [0.25, 0.3) is 30.4 Å². The number of benzene rings is 2. The first-order chi connectivity index (χ1) is 27.4. The van der Waals surface area contributed by atoms with Crippen LogP contribution in [0, 0.1) is 12.8 Å². The maximum absolute atomic E-state index is 12.1. The highest BCUT2D eigenvalue weighted by Crippen LogP contribution is 2.50. The second-order valence-corrected chi connectivity index (χ2v) is 22.3. The first-order valence-electron chi connectivity index (χ1n) is 19.8. The Hall–Kier alpha value is -3.08. The highest BCUT2D eigenvalue weighted by molar-refractivity contribution is 7.86. The molecule has 2 aliphatic carbocycles. The fraction of sp³-hybridized carbons (Fsp3) is 0.465. The molecule has 0 saturated carbocycles. The Kier molecular flexibility index (Phi) is 13.1. The quantitative estimate of drug-likeness (QED) is 0.0944. The Morgan fingerprint density at radius 3 is 2.10 bits per heavy atom. The number of rotatable bonds is 14. The van der Waals surface area contributed by atoms with E-state index in [0.29, 0.717) is 48.0 Å². The molecule has 1 atom stereocenters. The van der Waals surface area contributed by atoms with E-state index >= 15 is 0 Å². The first-order valence-corrected chi connectivity index (χ1v) is 25.3. The first kappa shape index (κ1) is 45.4. The van der Waals surface area contributed by atoms with Gasteiger partial charge in [0.15, 0.2) is 5.71 Å². The molecule has 4 aliphatic rings. The van der Waals surface area contributed by atoms with E-state index in [4.69, 9.17) is 23.2 Å². The van der Waals surface area contributed by atoms with Crippen LogP contribution in [0.4, 0.5) is 11.4 Å². The fourth-order valence-electron chi connectivity index (χ4n) is 8.98. The van der Waals surface area contributed by atoms with Gasteiger partial charge < -0.3 is 4.90 Å². The summed E-state index contributed by atoms with van der Waals surface area (Å²) in [6, 6.07) is 10.8. The van der Waals surface area contributed by atoms with Crippen molar-refractivity contribution in [1.82, 2.24) is 0 Å². The van der Waals surface area contributed by atoms with E-state index in [9.17, 15) is 38.9 Å². The van der Waals surface area contributed by atoms with Crippen molar-refractivity contribution in [3.05, 3.63) is 110 Å². The molecule has 0 amide bonds. The van der Waals surface area contributed by atoms with Crippen LogP contribution in [0.1, 0.15) is 95.8 Å². The van der Waals surface area contributed by atoms with Gasteiger partial charge in [-0.25, -0.2) is 0 Å². The molecule has 2 aromatic rings. The third-order valence-corrected chi connectivity index (χ3v) is 15.5. The van der Waals surface area contributed by atoms with Gasteiger partial charge >= 0.3 is 0 Å². The maximum atomic E-state index is 12.1. The average molecular weight is 909 g/mol. The van der Waals surface area contributed by atoms with Crippen molar-refractivity contribution in [2.24, 2.45) is 5.92 Å². The van der Waals surface area contributed by atoms with Gasteiger partial charge in [-0.2, -0.15) is 29.8 Å². The SMILES string of the molecule is Cc1ccc2c(c1)C(C)(C)C(=CC=C1CCC3CCC(C=CC4=[N+](CCCCS(=O)(=O)O)c5ccc(S(=O)(=O)O)cc5C4(C)C)=C(Cl)C3=C1Cl)N2CCCCS(=O)(=O)O. The van der Waals surface area contributed by atoms with Crippen molar-refractivity contribution in [1.29, 1.82) is 0 Å². The van der Waals surface area contributed by atoms with Crippen LogP contribution >= 0.6 is 23.2 Å². The molecule has 2 heterocycles. The van der Waals surface area contributed by atoms with Gasteiger partial charge in [-0.3, -0.25) is 13.7 Å². The molecule has 1 unspecified atom stereocenters. The average Bonchev–Trinajstić information content (AvgIpc) is 3.47. The molecule has 0 saturated heterocycles. The van der Waals surface area contributed by atoms with E-state index in [1.165, 1.54) is 17.7 Å². The molecule has 0 radical (unpaired) electrons. The van der Waals surface area contributed by atoms with Gasteiger partial charge in [0, 0.05) is 57.5 Å². The summed E-state index contributed by atoms with van der Waals surface area (Å²) in [5.74, 6) is -0.478. The molecule has 0 spiro atoms. The summed E-state index contributed by atoms with van der Waals surface area (Å²) in [5.41, 5.74) is 8.44. The fourth-order valence-corrected chi connectivity index (χ4v) is 11.5. The minimum absolute atomic E-state index is 0.185. The number of fused-ring (bicyclic) bond motifs is 3. The van der Waals surface area contributed by atoms with Gasteiger partial charge in [-0.15, -0.1) is 0 Å². The zero-order valence-corrected chi connectivity index (χ0v) is 38.0. The zero-order valence-electron chi connectivity index (χ0n) is 34.0. The van der Waals surface area contributed by atoms with E-state index in [0.717, 1.165) is 70.7 Å². The van der Waals surface area contributed by atoms with Crippen LogP contribution in [-0.4, -0.2) is 73.8 Å². The molecular formula is C43H53Cl2N2O9S3+. The van der Waals surface area contributed by atoms with Crippen molar-refractivity contribution in [2.45, 2.75) is 102 Å². The van der Waals surface area contributed by atoms with Crippen LogP contribution < -0.4 is 4.90 Å². The standard InChI is InChI=1S/C43H52Cl2N2O9S3/c1-28-10-18-35-33(26-28)42(2,3)37(46(35)22-6-8-24-57(48,49)50)20-15-30-13-11-29-12-14-31(41(45)39(29)40(30)44)16-21-38-43(4,5)34-27-32(59(54,55)56)17-19-36(34)47(38)23-7-9-25-58(51,52)53/h10,15-21,26-27,29H,6-9,11-14,22-25H2,1-5H3,(H2-,48,49,50,51,52,53,54,55,56)/p+1. The zero-order chi connectivity index (χ0) is 43.3. The number of nitrogens with zero attached hydrogens (tertiary/aromatic N) is 2. The summed E-state index contributed by atoms with van der Waals surface area (Å²) in [7, 11) is -12.6. The Bertz CT molecular complexity index is 2580. The highest BCUT2D eigenvalue weighted by Gasteiger charge is 2.45. The summed E-state index contributed by atoms with van der Waals surface area (Å²) in [6.07, 6.45) is 12.9. The Morgan fingerprint density at radius 2 is 1.44 bits per heavy atom. The van der Waals surface area contributed by atoms with Crippen LogP contribution in [0.5, 0.6) is 0 Å². The summed E-state index contributed by atoms with van der Waals surface area (Å²) in [4.78, 5) is 2.02. The number of halogens is 2. The number of aryl methyl sites for hydroxylation is 1. The summed E-state index contributed by atoms with van der Waals surface area (Å²) in [5, 5.41) is 1.21. The number of anilines is 1. The lowest BCUT2D eigenvalue weighted by Gasteiger charge is -2.32. The number of hydrogen-bond donors (Lipinski definition) is 3. The van der Waals surface area contributed by atoms with Gasteiger partial charge in [0.2, 0.25) is 5.69 Å². The molecule has 59 heavy (non-hydrogen) atoms. The Morgan fingerprint density at radius 1 is 0.780 bits per heavy atom. The summed E-state index contributed by atoms with van der Waals surface area (Å²) < 4.78 is 100. The van der Waals surface area contributed by atoms with Crippen LogP contribution in [0.25, 0.3) is 0 Å². The topological polar surface area (TPSA) is 169 Å². The lowest BCUT2D eigenvalue weighted by molar-refractivity contribution is -0.438. The molecule has 6 rings (SSSR count). The van der Waals surface area contributed by atoms with Crippen molar-refractivity contribution in [3.8, 4) is 0 Å². The van der Waals surface area contributed by atoms with E-state index in [1.807, 2.05) is 30.6 Å². The molecule has 16 heteroatoms. The predicted molar refractivity (Wildman–Crippen MR) is 235 cm³/mol. The largest absolute Gasteiger partial charge is 0.344 e. The number of unbranched alkanes of at least 4 members (excludes halogenated alkanes) is 2. The van der Waals surface area contributed by atoms with Crippen LogP contribution in [-0.2, 0) is 41.2 Å². The van der Waals surface area contributed by atoms with Gasteiger partial charge in [-0.05, 0) is 118 Å². The number of hydrogen-bond acceptors (Lipinski definition) is 7. The van der Waals surface area contributed by atoms with E-state index in [-0.39, 0.29) is 34.2 Å². The normalized spacial score (nSPS) is 21.9. The summed E-state index contributed by atoms with van der Waals surface area (Å²) in [6.45, 7) is 11.3. The smallest absolute Gasteiger partial charge is 0.294 e. The van der Waals surface area contributed by atoms with Crippen molar-refractivity contribution in [3.63, 3.8) is 0 Å². The Balaban J connectivity index is 1.34. The molecule has 2 aromatic carbocycles. The molecule has 320 valence electrons. The lowest BCUT2D eigenvalue weighted by Crippen LogP contribution is -2.28. The third-order valence-electron chi connectivity index (χ3n) is 12.1. The van der Waals surface area contributed by atoms with Crippen LogP contribution in [0.15, 0.2) is 98.1 Å². The molecule has 2 aliphatic heterocycles. The summed E-state index contributed by atoms with van der Waals surface area (Å²) >= 11 is 14.5. The van der Waals surface area contributed by atoms with Gasteiger partial charge in [-0.1, -0.05) is 66.9 Å². The molecule has 3 N–H and O–H groups in total. The molecule has 0 fully saturated rings. The molecule has 11 nitrogen and oxygen atoms in total. The van der Waals surface area contributed by atoms with Gasteiger partial charge in [0.1, 0.15) is 6.54 Å². The highest BCUT2D eigenvalue weighted by atomic mass is 35.5. The van der Waals surface area contributed by atoms with Crippen LogP contribution in [0.3, 0.4) is 0 Å². The van der Waals surface area contributed by atoms with E-state index < -0.39 is 35.8 Å². The second-order valence-electron chi connectivity index (χ2n) is 17.0. The molecular weight excluding hydrogens is 856 g/mol. The van der Waals surface area contributed by atoms with Crippen molar-refractivity contribution in [2.75, 3.05) is 29.5 Å². The minimum atomic E-state index is -4.47. The number of allylic oxidation sites excluding steroid dienone is 10. The molecule has 0 aromatic heterocycles. The predicted octanol–water partition coefficient (Wildman–Crippen LogP) is 9.31. The van der Waals surface area contributed by atoms with E-state index in [2.05, 4.69) is 56.0 Å². The van der Waals surface area contributed by atoms with Crippen LogP contribution in [0.2, 0.25) is 0 Å². The second kappa shape index (κ2) is 17.0. The minimum Gasteiger partial charge on any atom is -0.344 e. The van der Waals surface area contributed by atoms with E-state index in [1.54, 1.807) is 6.07 Å². The van der Waals surface area contributed by atoms with Gasteiger partial charge in [0.05, 0.1) is 21.8 Å². The lowest BCUT2D eigenvalue weighted by atomic mass is 9.76. The third kappa shape index (κ3) is 9.86. The Labute approximate surface area is 359 Å².